The van der Waals surface area contributed by atoms with Crippen molar-refractivity contribution in [3.05, 3.63) is 0 Å². The van der Waals surface area contributed by atoms with E-state index in [2.05, 4.69) is 10.6 Å². The van der Waals surface area contributed by atoms with Crippen molar-refractivity contribution in [3.8, 4) is 0 Å². The molecule has 1 fully saturated rings. The smallest absolute Gasteiger partial charge is 0.240 e. The maximum Gasteiger partial charge on any atom is 0.240 e. The van der Waals surface area contributed by atoms with Crippen molar-refractivity contribution in [2.45, 2.75) is 70.4 Å². The van der Waals surface area contributed by atoms with Gasteiger partial charge in [0.15, 0.2) is 0 Å². The zero-order valence-electron chi connectivity index (χ0n) is 12.3. The second-order valence-corrected chi connectivity index (χ2v) is 6.52. The molecule has 1 aliphatic rings. The Balaban J connectivity index is 2.29. The van der Waals surface area contributed by atoms with Crippen LogP contribution < -0.4 is 16.4 Å². The maximum atomic E-state index is 12.0. The number of carbonyl (C=O) groups excluding carboxylic acids is 2. The number of hydrogen-bond donors (Lipinski definition) is 3. The molecular weight excluding hydrogens is 242 g/mol. The van der Waals surface area contributed by atoms with Gasteiger partial charge >= 0.3 is 0 Å². The van der Waals surface area contributed by atoms with Gasteiger partial charge in [-0.05, 0) is 33.6 Å². The van der Waals surface area contributed by atoms with Crippen molar-refractivity contribution in [1.29, 1.82) is 0 Å². The summed E-state index contributed by atoms with van der Waals surface area (Å²) in [6, 6.07) is 0. The highest BCUT2D eigenvalue weighted by atomic mass is 16.2. The van der Waals surface area contributed by atoms with Crippen molar-refractivity contribution in [2.75, 3.05) is 6.54 Å². The zero-order chi connectivity index (χ0) is 14.5. The summed E-state index contributed by atoms with van der Waals surface area (Å²) in [4.78, 5) is 23.6. The monoisotopic (exact) mass is 269 g/mol. The first-order valence-electron chi connectivity index (χ1n) is 7.11. The molecule has 0 radical (unpaired) electrons. The largest absolute Gasteiger partial charge is 0.354 e. The predicted octanol–water partition coefficient (Wildman–Crippen LogP) is 1.07. The molecule has 0 unspecified atom stereocenters. The lowest BCUT2D eigenvalue weighted by atomic mass is 9.82. The Morgan fingerprint density at radius 3 is 2.26 bits per heavy atom. The summed E-state index contributed by atoms with van der Waals surface area (Å²) in [5, 5.41) is 5.65. The predicted molar refractivity (Wildman–Crippen MR) is 75.5 cm³/mol. The minimum Gasteiger partial charge on any atom is -0.354 e. The lowest BCUT2D eigenvalue weighted by molar-refractivity contribution is -0.127. The van der Waals surface area contributed by atoms with E-state index >= 15 is 0 Å². The fourth-order valence-corrected chi connectivity index (χ4v) is 2.36. The molecule has 0 aromatic carbocycles. The van der Waals surface area contributed by atoms with Crippen molar-refractivity contribution in [1.82, 2.24) is 10.6 Å². The Hall–Kier alpha value is -1.10. The SMILES string of the molecule is CC(C)(C)NC(=O)CCNC(=O)C1(N)CCCCC1. The fraction of sp³-hybridized carbons (Fsp3) is 0.857. The van der Waals surface area contributed by atoms with Crippen molar-refractivity contribution < 1.29 is 9.59 Å². The molecule has 0 spiro atoms. The molecule has 5 nitrogen and oxygen atoms in total. The normalized spacial score (nSPS) is 18.7. The van der Waals surface area contributed by atoms with Gasteiger partial charge in [0.2, 0.25) is 11.8 Å². The summed E-state index contributed by atoms with van der Waals surface area (Å²) < 4.78 is 0. The van der Waals surface area contributed by atoms with Crippen LogP contribution in [0.3, 0.4) is 0 Å². The topological polar surface area (TPSA) is 84.2 Å². The lowest BCUT2D eigenvalue weighted by Crippen LogP contribution is -2.55. The van der Waals surface area contributed by atoms with Crippen LogP contribution in [0, 0.1) is 0 Å². The first-order chi connectivity index (χ1) is 8.73. The highest BCUT2D eigenvalue weighted by Crippen LogP contribution is 2.25. The van der Waals surface area contributed by atoms with E-state index in [9.17, 15) is 9.59 Å². The fourth-order valence-electron chi connectivity index (χ4n) is 2.36. The summed E-state index contributed by atoms with van der Waals surface area (Å²) in [7, 11) is 0. The van der Waals surface area contributed by atoms with Gasteiger partial charge < -0.3 is 16.4 Å². The molecule has 0 bridgehead atoms. The van der Waals surface area contributed by atoms with Crippen molar-refractivity contribution in [2.24, 2.45) is 5.73 Å². The van der Waals surface area contributed by atoms with Crippen molar-refractivity contribution in [3.63, 3.8) is 0 Å². The summed E-state index contributed by atoms with van der Waals surface area (Å²) >= 11 is 0. The summed E-state index contributed by atoms with van der Waals surface area (Å²) in [6.07, 6.45) is 4.95. The van der Waals surface area contributed by atoms with Gasteiger partial charge in [-0.25, -0.2) is 0 Å². The van der Waals surface area contributed by atoms with E-state index in [4.69, 9.17) is 5.73 Å². The molecule has 5 heteroatoms. The third-order valence-corrected chi connectivity index (χ3v) is 3.35. The van der Waals surface area contributed by atoms with Crippen LogP contribution in [0.2, 0.25) is 0 Å². The molecule has 0 heterocycles. The Bertz CT molecular complexity index is 328. The van der Waals surface area contributed by atoms with E-state index in [0.717, 1.165) is 32.1 Å². The molecule has 2 amide bonds. The van der Waals surface area contributed by atoms with Crippen LogP contribution in [-0.2, 0) is 9.59 Å². The van der Waals surface area contributed by atoms with Crippen LogP contribution in [0.25, 0.3) is 0 Å². The number of amides is 2. The molecule has 1 saturated carbocycles. The number of nitrogens with one attached hydrogen (secondary N) is 2. The Morgan fingerprint density at radius 1 is 1.16 bits per heavy atom. The van der Waals surface area contributed by atoms with E-state index in [1.54, 1.807) is 0 Å². The highest BCUT2D eigenvalue weighted by Gasteiger charge is 2.34. The Kier molecular flexibility index (Phi) is 5.35. The van der Waals surface area contributed by atoms with E-state index in [1.165, 1.54) is 0 Å². The molecule has 0 atom stereocenters. The van der Waals surface area contributed by atoms with Gasteiger partial charge in [-0.2, -0.15) is 0 Å². The minimum atomic E-state index is -0.723. The first-order valence-corrected chi connectivity index (χ1v) is 7.11. The third kappa shape index (κ3) is 5.59. The number of carbonyl (C=O) groups is 2. The van der Waals surface area contributed by atoms with Crippen LogP contribution in [0.15, 0.2) is 0 Å². The molecule has 0 aromatic rings. The summed E-state index contributed by atoms with van der Waals surface area (Å²) in [6.45, 7) is 6.14. The number of nitrogens with two attached hydrogens (primary N) is 1. The van der Waals surface area contributed by atoms with Gasteiger partial charge in [0.1, 0.15) is 0 Å². The van der Waals surface area contributed by atoms with Gasteiger partial charge in [0.05, 0.1) is 5.54 Å². The molecule has 110 valence electrons. The van der Waals surface area contributed by atoms with Crippen LogP contribution in [0.5, 0.6) is 0 Å². The van der Waals surface area contributed by atoms with Gasteiger partial charge in [0, 0.05) is 18.5 Å². The van der Waals surface area contributed by atoms with E-state index in [1.807, 2.05) is 20.8 Å². The molecule has 0 aliphatic heterocycles. The highest BCUT2D eigenvalue weighted by molar-refractivity contribution is 5.86. The van der Waals surface area contributed by atoms with Crippen LogP contribution in [0.4, 0.5) is 0 Å². The molecule has 1 rings (SSSR count). The van der Waals surface area contributed by atoms with Gasteiger partial charge in [0.25, 0.3) is 0 Å². The maximum absolute atomic E-state index is 12.0. The van der Waals surface area contributed by atoms with Gasteiger partial charge in [-0.3, -0.25) is 9.59 Å². The number of hydrogen-bond acceptors (Lipinski definition) is 3. The van der Waals surface area contributed by atoms with E-state index < -0.39 is 5.54 Å². The second kappa shape index (κ2) is 6.37. The van der Waals surface area contributed by atoms with E-state index in [-0.39, 0.29) is 17.4 Å². The quantitative estimate of drug-likeness (QED) is 0.713. The average Bonchev–Trinajstić information content (AvgIpc) is 2.27. The van der Waals surface area contributed by atoms with Crippen LogP contribution >= 0.6 is 0 Å². The van der Waals surface area contributed by atoms with Crippen LogP contribution in [0.1, 0.15) is 59.3 Å². The lowest BCUT2D eigenvalue weighted by Gasteiger charge is -2.31. The first kappa shape index (κ1) is 16.0. The number of rotatable bonds is 4. The van der Waals surface area contributed by atoms with Gasteiger partial charge in [-0.1, -0.05) is 19.3 Å². The molecular formula is C14H27N3O2. The minimum absolute atomic E-state index is 0.0532. The molecule has 19 heavy (non-hydrogen) atoms. The molecule has 0 aromatic heterocycles. The standard InChI is InChI=1S/C14H27N3O2/c1-13(2,3)17-11(18)7-10-16-12(19)14(15)8-5-4-6-9-14/h4-10,15H2,1-3H3,(H,16,19)(H,17,18). The summed E-state index contributed by atoms with van der Waals surface area (Å²) in [5.74, 6) is -0.168. The Morgan fingerprint density at radius 2 is 1.74 bits per heavy atom. The Labute approximate surface area is 115 Å². The van der Waals surface area contributed by atoms with Crippen LogP contribution in [-0.4, -0.2) is 29.4 Å². The second-order valence-electron chi connectivity index (χ2n) is 6.52. The molecule has 0 saturated heterocycles. The molecule has 1 aliphatic carbocycles. The molecule has 4 N–H and O–H groups in total. The third-order valence-electron chi connectivity index (χ3n) is 3.35. The summed E-state index contributed by atoms with van der Waals surface area (Å²) in [5.41, 5.74) is 5.15. The zero-order valence-corrected chi connectivity index (χ0v) is 12.3. The van der Waals surface area contributed by atoms with Gasteiger partial charge in [-0.15, -0.1) is 0 Å². The van der Waals surface area contributed by atoms with Crippen molar-refractivity contribution >= 4 is 11.8 Å². The van der Waals surface area contributed by atoms with E-state index in [0.29, 0.717) is 13.0 Å². The average molecular weight is 269 g/mol.